The lowest BCUT2D eigenvalue weighted by molar-refractivity contribution is -0.192. The number of thiol groups is 1. The minimum absolute atomic E-state index is 0.361. The fraction of sp³-hybridized carbons (Fsp3) is 0.333. The minimum Gasteiger partial charge on any atom is -0.475 e. The van der Waals surface area contributed by atoms with E-state index < -0.39 is 22.3 Å². The number of terminal acetylenes is 1. The van der Waals surface area contributed by atoms with Crippen molar-refractivity contribution in [1.29, 1.82) is 0 Å². The minimum atomic E-state index is -5.08. The quantitative estimate of drug-likeness (QED) is 0.189. The fourth-order valence-corrected chi connectivity index (χ4v) is 1.81. The van der Waals surface area contributed by atoms with Gasteiger partial charge in [-0.15, -0.1) is 6.42 Å². The predicted molar refractivity (Wildman–Crippen MR) is 97.3 cm³/mol. The second-order valence-electron chi connectivity index (χ2n) is 4.32. The second-order valence-corrected chi connectivity index (χ2v) is 5.82. The van der Waals surface area contributed by atoms with Gasteiger partial charge in [0.25, 0.3) is 0 Å². The van der Waals surface area contributed by atoms with Gasteiger partial charge in [-0.25, -0.2) is 4.79 Å². The van der Waals surface area contributed by atoms with E-state index in [-0.39, 0.29) is 5.97 Å². The summed E-state index contributed by atoms with van der Waals surface area (Å²) in [5.41, 5.74) is 1.10. The first kappa shape index (κ1) is 23.5. The zero-order valence-electron chi connectivity index (χ0n) is 12.7. The Bertz CT molecular complexity index is 593. The molecule has 0 aliphatic carbocycles. The Morgan fingerprint density at radius 2 is 1.88 bits per heavy atom. The van der Waals surface area contributed by atoms with E-state index >= 15 is 0 Å². The second kappa shape index (κ2) is 12.0. The van der Waals surface area contributed by atoms with Crippen molar-refractivity contribution in [3.05, 3.63) is 35.9 Å². The first-order valence-electron chi connectivity index (χ1n) is 6.60. The summed E-state index contributed by atoms with van der Waals surface area (Å²) >= 11 is 6.01. The van der Waals surface area contributed by atoms with E-state index in [4.69, 9.17) is 21.1 Å². The van der Waals surface area contributed by atoms with Crippen molar-refractivity contribution < 1.29 is 32.6 Å². The summed E-state index contributed by atoms with van der Waals surface area (Å²) in [7, 11) is 0. The molecule has 0 aliphatic heterocycles. The standard InChI is InChI=1S/C13H14INO2S.C2HF3O2/c1-2-12(14)17-13(16)11(9-18)15-8-10-6-4-3-5-7-10;3-2(4,5)1(6)7/h1,3-7,11-12,15,18H,8-9H2;(H,6,7)/t11-,12?;/m0./s1. The summed E-state index contributed by atoms with van der Waals surface area (Å²) in [6.45, 7) is 0.586. The van der Waals surface area contributed by atoms with Gasteiger partial charge in [0.2, 0.25) is 4.11 Å². The average Bonchev–Trinajstić information content (AvgIpc) is 2.56. The molecular weight excluding hydrogens is 474 g/mol. The molecule has 0 amide bonds. The molecule has 0 radical (unpaired) electrons. The van der Waals surface area contributed by atoms with E-state index in [0.717, 1.165) is 5.56 Å². The lowest BCUT2D eigenvalue weighted by Gasteiger charge is -2.16. The Morgan fingerprint density at radius 3 is 2.28 bits per heavy atom. The number of carbonyl (C=O) groups is 2. The SMILES string of the molecule is C#CC(I)OC(=O)[C@H](CS)NCc1ccccc1.O=C(O)C(F)(F)F. The maximum absolute atomic E-state index is 11.7. The van der Waals surface area contributed by atoms with E-state index in [1.807, 2.05) is 52.9 Å². The number of hydrogen-bond acceptors (Lipinski definition) is 5. The molecule has 0 saturated carbocycles. The van der Waals surface area contributed by atoms with Crippen molar-refractivity contribution in [2.45, 2.75) is 22.9 Å². The molecule has 25 heavy (non-hydrogen) atoms. The Kier molecular flexibility index (Phi) is 11.3. The van der Waals surface area contributed by atoms with Crippen LogP contribution in [0.3, 0.4) is 0 Å². The molecule has 1 aromatic rings. The number of hydrogen-bond donors (Lipinski definition) is 3. The van der Waals surface area contributed by atoms with Crippen LogP contribution in [0.15, 0.2) is 30.3 Å². The number of alkyl halides is 4. The molecule has 2 N–H and O–H groups in total. The number of esters is 1. The molecule has 0 aliphatic rings. The molecule has 0 bridgehead atoms. The lowest BCUT2D eigenvalue weighted by Crippen LogP contribution is -2.40. The van der Waals surface area contributed by atoms with Crippen molar-refractivity contribution in [1.82, 2.24) is 5.32 Å². The van der Waals surface area contributed by atoms with Gasteiger partial charge in [0.1, 0.15) is 6.04 Å². The number of carboxylic acid groups (broad SMARTS) is 1. The molecule has 0 spiro atoms. The fourth-order valence-electron chi connectivity index (χ4n) is 1.28. The molecule has 1 unspecified atom stereocenters. The van der Waals surface area contributed by atoms with Crippen molar-refractivity contribution >= 4 is 47.2 Å². The Hall–Kier alpha value is -1.45. The lowest BCUT2D eigenvalue weighted by atomic mass is 10.2. The predicted octanol–water partition coefficient (Wildman–Crippen LogP) is 2.65. The van der Waals surface area contributed by atoms with Crippen LogP contribution < -0.4 is 5.32 Å². The summed E-state index contributed by atoms with van der Waals surface area (Å²) in [4.78, 5) is 20.6. The zero-order valence-corrected chi connectivity index (χ0v) is 15.7. The molecule has 1 rings (SSSR count). The summed E-state index contributed by atoms with van der Waals surface area (Å²) in [6, 6.07) is 9.35. The van der Waals surface area contributed by atoms with Gasteiger partial charge in [-0.2, -0.15) is 25.8 Å². The number of rotatable bonds is 6. The number of carbonyl (C=O) groups excluding carboxylic acids is 1. The zero-order chi connectivity index (χ0) is 19.5. The number of halogens is 4. The van der Waals surface area contributed by atoms with Crippen molar-refractivity contribution in [2.24, 2.45) is 0 Å². The number of ether oxygens (including phenoxy) is 1. The van der Waals surface area contributed by atoms with Crippen LogP contribution in [0.2, 0.25) is 0 Å². The van der Waals surface area contributed by atoms with Crippen LogP contribution in [0.4, 0.5) is 13.2 Å². The maximum atomic E-state index is 11.7. The molecule has 0 heterocycles. The largest absolute Gasteiger partial charge is 0.490 e. The van der Waals surface area contributed by atoms with Gasteiger partial charge in [-0.3, -0.25) is 10.1 Å². The first-order chi connectivity index (χ1) is 11.6. The third kappa shape index (κ3) is 10.9. The molecule has 0 fully saturated rings. The van der Waals surface area contributed by atoms with Gasteiger partial charge in [-0.05, 0) is 28.2 Å². The van der Waals surface area contributed by atoms with Crippen molar-refractivity contribution in [2.75, 3.05) is 5.75 Å². The van der Waals surface area contributed by atoms with Gasteiger partial charge in [-0.1, -0.05) is 36.3 Å². The topological polar surface area (TPSA) is 75.6 Å². The molecule has 2 atom stereocenters. The Balaban J connectivity index is 0.000000697. The van der Waals surface area contributed by atoms with Gasteiger partial charge >= 0.3 is 18.1 Å². The van der Waals surface area contributed by atoms with E-state index in [0.29, 0.717) is 12.3 Å². The molecule has 5 nitrogen and oxygen atoms in total. The van der Waals surface area contributed by atoms with E-state index in [1.165, 1.54) is 0 Å². The molecule has 0 saturated heterocycles. The van der Waals surface area contributed by atoms with E-state index in [9.17, 15) is 18.0 Å². The molecule has 1 aromatic carbocycles. The average molecular weight is 489 g/mol. The van der Waals surface area contributed by atoms with Gasteiger partial charge in [0, 0.05) is 12.3 Å². The van der Waals surface area contributed by atoms with Crippen LogP contribution in [-0.2, 0) is 20.9 Å². The first-order valence-corrected chi connectivity index (χ1v) is 8.48. The van der Waals surface area contributed by atoms with Gasteiger partial charge in [0.15, 0.2) is 0 Å². The van der Waals surface area contributed by atoms with Gasteiger partial charge < -0.3 is 9.84 Å². The van der Waals surface area contributed by atoms with Crippen LogP contribution in [0.5, 0.6) is 0 Å². The number of nitrogens with one attached hydrogen (secondary N) is 1. The van der Waals surface area contributed by atoms with E-state index in [1.54, 1.807) is 0 Å². The van der Waals surface area contributed by atoms with Crippen LogP contribution in [0, 0.1) is 12.3 Å². The highest BCUT2D eigenvalue weighted by atomic mass is 127. The Labute approximate surface area is 161 Å². The van der Waals surface area contributed by atoms with Crippen LogP contribution in [0.1, 0.15) is 5.56 Å². The monoisotopic (exact) mass is 489 g/mol. The summed E-state index contributed by atoms with van der Waals surface area (Å²) in [5.74, 6) is -0.433. The van der Waals surface area contributed by atoms with Crippen molar-refractivity contribution in [3.8, 4) is 12.3 Å². The number of benzene rings is 1. The maximum Gasteiger partial charge on any atom is 0.490 e. The molecule has 0 aromatic heterocycles. The van der Waals surface area contributed by atoms with Gasteiger partial charge in [0.05, 0.1) is 0 Å². The van der Waals surface area contributed by atoms with Crippen LogP contribution >= 0.6 is 35.2 Å². The highest BCUT2D eigenvalue weighted by Crippen LogP contribution is 2.13. The summed E-state index contributed by atoms with van der Waals surface area (Å²) in [6.07, 6.45) is 0.0694. The highest BCUT2D eigenvalue weighted by molar-refractivity contribution is 14.1. The Morgan fingerprint density at radius 1 is 1.36 bits per heavy atom. The summed E-state index contributed by atoms with van der Waals surface area (Å²) < 4.78 is 36.2. The van der Waals surface area contributed by atoms with E-state index in [2.05, 4.69) is 23.9 Å². The van der Waals surface area contributed by atoms with Crippen molar-refractivity contribution in [3.63, 3.8) is 0 Å². The summed E-state index contributed by atoms with van der Waals surface area (Å²) in [5, 5.41) is 10.2. The molecule has 138 valence electrons. The van der Waals surface area contributed by atoms with Crippen LogP contribution in [0.25, 0.3) is 0 Å². The molecule has 10 heteroatoms. The third-order valence-corrected chi connectivity index (χ3v) is 3.43. The highest BCUT2D eigenvalue weighted by Gasteiger charge is 2.38. The molecular formula is C15H15F3INO4S. The van der Waals surface area contributed by atoms with Crippen LogP contribution in [-0.4, -0.2) is 39.1 Å². The number of aliphatic carboxylic acids is 1. The normalized spacial score (nSPS) is 12.8. The smallest absolute Gasteiger partial charge is 0.475 e. The number of carboxylic acids is 1. The third-order valence-electron chi connectivity index (χ3n) is 2.46.